The summed E-state index contributed by atoms with van der Waals surface area (Å²) in [5.41, 5.74) is 0.701. The monoisotopic (exact) mass is 383 g/mol. The Balaban J connectivity index is 1.65. The quantitative estimate of drug-likeness (QED) is 0.691. The van der Waals surface area contributed by atoms with Crippen LogP contribution in [0.3, 0.4) is 0 Å². The SMILES string of the molecule is COc1ccc(-c2onc(N3CCCC(c4n[nH]c(C)n4)C3)c2C(=O)O)cc1. The zero-order valence-corrected chi connectivity index (χ0v) is 15.7. The Kier molecular flexibility index (Phi) is 4.72. The van der Waals surface area contributed by atoms with Crippen LogP contribution in [-0.2, 0) is 0 Å². The molecule has 146 valence electrons. The van der Waals surface area contributed by atoms with E-state index in [1.165, 1.54) is 0 Å². The van der Waals surface area contributed by atoms with E-state index in [9.17, 15) is 9.90 Å². The van der Waals surface area contributed by atoms with Gasteiger partial charge in [0.25, 0.3) is 0 Å². The molecule has 1 saturated heterocycles. The topological polar surface area (TPSA) is 117 Å². The molecular weight excluding hydrogens is 362 g/mol. The number of carboxylic acids is 1. The molecule has 0 aliphatic carbocycles. The lowest BCUT2D eigenvalue weighted by Gasteiger charge is -2.31. The largest absolute Gasteiger partial charge is 0.497 e. The van der Waals surface area contributed by atoms with Gasteiger partial charge in [-0.15, -0.1) is 0 Å². The van der Waals surface area contributed by atoms with Gasteiger partial charge < -0.3 is 19.3 Å². The predicted molar refractivity (Wildman–Crippen MR) is 101 cm³/mol. The average molecular weight is 383 g/mol. The smallest absolute Gasteiger partial charge is 0.343 e. The predicted octanol–water partition coefficient (Wildman–Crippen LogP) is 2.86. The van der Waals surface area contributed by atoms with Crippen LogP contribution in [0, 0.1) is 6.92 Å². The second-order valence-corrected chi connectivity index (χ2v) is 6.81. The van der Waals surface area contributed by atoms with Gasteiger partial charge in [0.1, 0.15) is 11.6 Å². The summed E-state index contributed by atoms with van der Waals surface area (Å²) in [6.07, 6.45) is 1.83. The Morgan fingerprint density at radius 2 is 2.14 bits per heavy atom. The van der Waals surface area contributed by atoms with Crippen molar-refractivity contribution in [2.75, 3.05) is 25.1 Å². The highest BCUT2D eigenvalue weighted by Gasteiger charge is 2.32. The number of carbonyl (C=O) groups is 1. The molecule has 3 heterocycles. The van der Waals surface area contributed by atoms with Crippen molar-refractivity contribution in [1.82, 2.24) is 20.3 Å². The van der Waals surface area contributed by atoms with E-state index >= 15 is 0 Å². The number of piperidine rings is 1. The van der Waals surface area contributed by atoms with Crippen molar-refractivity contribution >= 4 is 11.8 Å². The molecule has 1 fully saturated rings. The summed E-state index contributed by atoms with van der Waals surface area (Å²) >= 11 is 0. The zero-order valence-electron chi connectivity index (χ0n) is 15.7. The number of hydrogen-bond acceptors (Lipinski definition) is 7. The van der Waals surface area contributed by atoms with Crippen LogP contribution in [0.2, 0.25) is 0 Å². The van der Waals surface area contributed by atoms with Gasteiger partial charge in [0.15, 0.2) is 23.0 Å². The Hall–Kier alpha value is -3.36. The number of carboxylic acid groups (broad SMARTS) is 1. The summed E-state index contributed by atoms with van der Waals surface area (Å²) in [6.45, 7) is 3.15. The number of aromatic nitrogens is 4. The minimum absolute atomic E-state index is 0.0667. The number of nitrogens with one attached hydrogen (secondary N) is 1. The van der Waals surface area contributed by atoms with Crippen LogP contribution in [0.5, 0.6) is 5.75 Å². The molecule has 1 aliphatic rings. The summed E-state index contributed by atoms with van der Waals surface area (Å²) in [5.74, 6) is 1.82. The number of H-pyrrole nitrogens is 1. The van der Waals surface area contributed by atoms with E-state index in [0.29, 0.717) is 30.2 Å². The van der Waals surface area contributed by atoms with Crippen LogP contribution in [0.4, 0.5) is 5.82 Å². The summed E-state index contributed by atoms with van der Waals surface area (Å²) in [7, 11) is 1.58. The number of nitrogens with zero attached hydrogens (tertiary/aromatic N) is 4. The molecule has 0 amide bonds. The molecular formula is C19H21N5O4. The van der Waals surface area contributed by atoms with E-state index in [1.807, 2.05) is 11.8 Å². The standard InChI is InChI=1S/C19H21N5O4/c1-11-20-17(22-21-11)13-4-3-9-24(10-13)18-15(19(25)26)16(28-23-18)12-5-7-14(27-2)8-6-12/h5-8,13H,3-4,9-10H2,1-2H3,(H,25,26)(H,20,21,22). The van der Waals surface area contributed by atoms with Crippen LogP contribution in [-0.4, -0.2) is 51.6 Å². The van der Waals surface area contributed by atoms with E-state index in [0.717, 1.165) is 24.5 Å². The molecule has 9 nitrogen and oxygen atoms in total. The van der Waals surface area contributed by atoms with Crippen molar-refractivity contribution in [2.24, 2.45) is 0 Å². The van der Waals surface area contributed by atoms with E-state index in [2.05, 4.69) is 20.3 Å². The molecule has 1 aromatic carbocycles. The number of anilines is 1. The Morgan fingerprint density at radius 3 is 2.79 bits per heavy atom. The molecule has 1 atom stereocenters. The van der Waals surface area contributed by atoms with Gasteiger partial charge in [-0.2, -0.15) is 5.10 Å². The third-order valence-electron chi connectivity index (χ3n) is 4.94. The van der Waals surface area contributed by atoms with Crippen molar-refractivity contribution in [2.45, 2.75) is 25.7 Å². The maximum Gasteiger partial charge on any atom is 0.343 e. The van der Waals surface area contributed by atoms with Crippen LogP contribution in [0.15, 0.2) is 28.8 Å². The van der Waals surface area contributed by atoms with Crippen LogP contribution in [0.1, 0.15) is 40.8 Å². The first-order valence-corrected chi connectivity index (χ1v) is 9.08. The summed E-state index contributed by atoms with van der Waals surface area (Å²) in [4.78, 5) is 18.4. The van der Waals surface area contributed by atoms with Gasteiger partial charge in [-0.3, -0.25) is 5.10 Å². The number of methoxy groups -OCH3 is 1. The van der Waals surface area contributed by atoms with E-state index in [-0.39, 0.29) is 17.2 Å². The lowest BCUT2D eigenvalue weighted by molar-refractivity contribution is 0.0697. The Morgan fingerprint density at radius 1 is 1.36 bits per heavy atom. The second-order valence-electron chi connectivity index (χ2n) is 6.81. The van der Waals surface area contributed by atoms with Crippen molar-refractivity contribution in [3.8, 4) is 17.1 Å². The third kappa shape index (κ3) is 3.30. The van der Waals surface area contributed by atoms with Crippen LogP contribution < -0.4 is 9.64 Å². The van der Waals surface area contributed by atoms with Gasteiger partial charge >= 0.3 is 5.97 Å². The van der Waals surface area contributed by atoms with Gasteiger partial charge in [0.2, 0.25) is 0 Å². The van der Waals surface area contributed by atoms with Crippen molar-refractivity contribution in [3.05, 3.63) is 41.5 Å². The molecule has 0 bridgehead atoms. The Labute approximate surface area is 161 Å². The number of hydrogen-bond donors (Lipinski definition) is 2. The molecule has 1 aliphatic heterocycles. The fourth-order valence-corrected chi connectivity index (χ4v) is 3.55. The highest BCUT2D eigenvalue weighted by atomic mass is 16.5. The molecule has 0 spiro atoms. The highest BCUT2D eigenvalue weighted by molar-refractivity contribution is 5.99. The third-order valence-corrected chi connectivity index (χ3v) is 4.94. The Bertz CT molecular complexity index is 979. The van der Waals surface area contributed by atoms with Crippen molar-refractivity contribution in [1.29, 1.82) is 0 Å². The van der Waals surface area contributed by atoms with Gasteiger partial charge in [0.05, 0.1) is 7.11 Å². The molecule has 3 aromatic rings. The summed E-state index contributed by atoms with van der Waals surface area (Å²) in [5, 5.41) is 21.1. The summed E-state index contributed by atoms with van der Waals surface area (Å²) in [6, 6.07) is 7.02. The van der Waals surface area contributed by atoms with Gasteiger partial charge in [0, 0.05) is 24.6 Å². The first-order valence-electron chi connectivity index (χ1n) is 9.08. The normalized spacial score (nSPS) is 16.9. The zero-order chi connectivity index (χ0) is 19.7. The highest BCUT2D eigenvalue weighted by Crippen LogP contribution is 2.35. The molecule has 0 radical (unpaired) electrons. The lowest BCUT2D eigenvalue weighted by atomic mass is 9.97. The van der Waals surface area contributed by atoms with Crippen molar-refractivity contribution < 1.29 is 19.2 Å². The van der Waals surface area contributed by atoms with Gasteiger partial charge in [-0.1, -0.05) is 5.16 Å². The second kappa shape index (κ2) is 7.34. The minimum atomic E-state index is -1.07. The van der Waals surface area contributed by atoms with E-state index in [1.54, 1.807) is 31.4 Å². The molecule has 28 heavy (non-hydrogen) atoms. The number of benzene rings is 1. The minimum Gasteiger partial charge on any atom is -0.497 e. The first-order chi connectivity index (χ1) is 13.6. The maximum atomic E-state index is 12.0. The van der Waals surface area contributed by atoms with E-state index < -0.39 is 5.97 Å². The molecule has 1 unspecified atom stereocenters. The molecule has 0 saturated carbocycles. The number of ether oxygens (including phenoxy) is 1. The van der Waals surface area contributed by atoms with E-state index in [4.69, 9.17) is 9.26 Å². The number of aromatic carboxylic acids is 1. The van der Waals surface area contributed by atoms with Crippen molar-refractivity contribution in [3.63, 3.8) is 0 Å². The number of rotatable bonds is 5. The van der Waals surface area contributed by atoms with Gasteiger partial charge in [-0.05, 0) is 44.0 Å². The molecule has 2 N–H and O–H groups in total. The van der Waals surface area contributed by atoms with Crippen LogP contribution in [0.25, 0.3) is 11.3 Å². The molecule has 2 aromatic heterocycles. The number of aromatic amines is 1. The fourth-order valence-electron chi connectivity index (χ4n) is 3.55. The number of aryl methyl sites for hydroxylation is 1. The average Bonchev–Trinajstić information content (AvgIpc) is 3.35. The fraction of sp³-hybridized carbons (Fsp3) is 0.368. The summed E-state index contributed by atoms with van der Waals surface area (Å²) < 4.78 is 10.6. The molecule has 4 rings (SSSR count). The van der Waals surface area contributed by atoms with Gasteiger partial charge in [-0.25, -0.2) is 9.78 Å². The lowest BCUT2D eigenvalue weighted by Crippen LogP contribution is -2.35. The maximum absolute atomic E-state index is 12.0. The van der Waals surface area contributed by atoms with Crippen LogP contribution >= 0.6 is 0 Å². The molecule has 9 heteroatoms. The first kappa shape index (κ1) is 18.0.